The monoisotopic (exact) mass is 711 g/mol. The number of likely N-dealkylation sites (tertiary alicyclic amines) is 1. The Bertz CT molecular complexity index is 1860. The Hall–Kier alpha value is -4.18. The molecule has 6 rings (SSSR count). The predicted molar refractivity (Wildman–Crippen MR) is 186 cm³/mol. The zero-order valence-corrected chi connectivity index (χ0v) is 29.1. The van der Waals surface area contributed by atoms with Crippen molar-refractivity contribution in [2.24, 2.45) is 0 Å². The van der Waals surface area contributed by atoms with Gasteiger partial charge in [-0.3, -0.25) is 14.5 Å². The SMILES string of the molecule is CC(C)c1nc(C(=O)N2CCOC3(CCN(CCOc4ccc(CN(CCc5ccc(O)c6[nH]c(=O)sc56)C(=O)O)c(O)c4)CC3)C2)cs1. The van der Waals surface area contributed by atoms with Crippen LogP contribution < -0.4 is 9.61 Å². The van der Waals surface area contributed by atoms with E-state index in [0.29, 0.717) is 72.4 Å². The molecule has 2 aromatic heterocycles. The summed E-state index contributed by atoms with van der Waals surface area (Å²) in [7, 11) is 0. The van der Waals surface area contributed by atoms with Crippen LogP contribution in [0.1, 0.15) is 59.2 Å². The maximum Gasteiger partial charge on any atom is 0.407 e. The lowest BCUT2D eigenvalue weighted by atomic mass is 9.89. The number of amides is 2. The fraction of sp³-hybridized carbons (Fsp3) is 0.471. The van der Waals surface area contributed by atoms with Crippen molar-refractivity contribution in [1.29, 1.82) is 0 Å². The highest BCUT2D eigenvalue weighted by molar-refractivity contribution is 7.16. The number of carbonyl (C=O) groups excluding carboxylic acids is 1. The third-order valence-electron chi connectivity index (χ3n) is 9.19. The first-order chi connectivity index (χ1) is 23.5. The van der Waals surface area contributed by atoms with Gasteiger partial charge in [-0.15, -0.1) is 11.3 Å². The van der Waals surface area contributed by atoms with Gasteiger partial charge in [-0.05, 0) is 43.0 Å². The number of aromatic nitrogens is 2. The molecule has 2 saturated heterocycles. The number of hydrogen-bond donors (Lipinski definition) is 4. The summed E-state index contributed by atoms with van der Waals surface area (Å²) in [6, 6.07) is 8.03. The molecule has 13 nitrogen and oxygen atoms in total. The molecule has 2 amide bonds. The molecule has 0 atom stereocenters. The topological polar surface area (TPSA) is 169 Å². The first-order valence-corrected chi connectivity index (χ1v) is 18.1. The van der Waals surface area contributed by atoms with Gasteiger partial charge in [0.1, 0.15) is 35.1 Å². The Morgan fingerprint density at radius 2 is 1.90 bits per heavy atom. The normalized spacial score (nSPS) is 16.4. The average Bonchev–Trinajstić information content (AvgIpc) is 3.73. The highest BCUT2D eigenvalue weighted by atomic mass is 32.1. The Kier molecular flexibility index (Phi) is 10.4. The zero-order chi connectivity index (χ0) is 34.7. The largest absolute Gasteiger partial charge is 0.507 e. The maximum atomic E-state index is 13.2. The molecule has 15 heteroatoms. The Morgan fingerprint density at radius 3 is 2.61 bits per heavy atom. The number of morpholine rings is 1. The van der Waals surface area contributed by atoms with Crippen LogP contribution >= 0.6 is 22.7 Å². The fourth-order valence-corrected chi connectivity index (χ4v) is 8.06. The molecule has 2 aromatic carbocycles. The third kappa shape index (κ3) is 8.01. The van der Waals surface area contributed by atoms with Crippen molar-refractivity contribution in [3.05, 3.63) is 67.2 Å². The van der Waals surface area contributed by atoms with E-state index in [0.717, 1.165) is 47.8 Å². The summed E-state index contributed by atoms with van der Waals surface area (Å²) in [5.41, 5.74) is 1.69. The van der Waals surface area contributed by atoms with Crippen LogP contribution in [0.15, 0.2) is 40.5 Å². The minimum atomic E-state index is -1.14. The summed E-state index contributed by atoms with van der Waals surface area (Å²) < 4.78 is 12.8. The van der Waals surface area contributed by atoms with Gasteiger partial charge in [-0.2, -0.15) is 0 Å². The lowest BCUT2D eigenvalue weighted by Gasteiger charge is -2.47. The van der Waals surface area contributed by atoms with Crippen molar-refractivity contribution in [1.82, 2.24) is 24.7 Å². The number of benzene rings is 2. The molecule has 1 spiro atoms. The first kappa shape index (κ1) is 34.7. The standard InChI is InChI=1S/C34H41N5O8S2/c1-21(2)30-35-25(19-48-30)31(42)39-14-16-47-34(20-39)8-11-37(12-9-34)13-15-46-24-5-3-23(27(41)17-24)18-38(33(44)45)10-7-22-4-6-26(40)28-29(22)49-32(43)36-28/h3-6,17,19,21,40-41H,7-16,18,20H2,1-2H3,(H,36,43)(H,44,45). The van der Waals surface area contributed by atoms with E-state index in [9.17, 15) is 29.7 Å². The van der Waals surface area contributed by atoms with Crippen molar-refractivity contribution >= 4 is 44.9 Å². The van der Waals surface area contributed by atoms with Gasteiger partial charge in [0.25, 0.3) is 5.91 Å². The number of nitrogens with zero attached hydrogens (tertiary/aromatic N) is 4. The molecule has 262 valence electrons. The Morgan fingerprint density at radius 1 is 1.12 bits per heavy atom. The van der Waals surface area contributed by atoms with Crippen LogP contribution in [0.25, 0.3) is 10.2 Å². The van der Waals surface area contributed by atoms with E-state index in [2.05, 4.69) is 28.7 Å². The summed E-state index contributed by atoms with van der Waals surface area (Å²) in [4.78, 5) is 49.3. The van der Waals surface area contributed by atoms with E-state index in [-0.39, 0.29) is 41.0 Å². The summed E-state index contributed by atoms with van der Waals surface area (Å²) in [6.45, 7) is 8.60. The Balaban J connectivity index is 0.965. The number of carboxylic acid groups (broad SMARTS) is 1. The molecule has 0 radical (unpaired) electrons. The van der Waals surface area contributed by atoms with Crippen LogP contribution in [0.2, 0.25) is 0 Å². The molecule has 4 aromatic rings. The van der Waals surface area contributed by atoms with Crippen LogP contribution in [0, 0.1) is 0 Å². The van der Waals surface area contributed by atoms with Crippen molar-refractivity contribution in [2.75, 3.05) is 52.5 Å². The molecule has 2 fully saturated rings. The van der Waals surface area contributed by atoms with Crippen LogP contribution in [0.4, 0.5) is 4.79 Å². The van der Waals surface area contributed by atoms with Crippen LogP contribution in [0.3, 0.4) is 0 Å². The second kappa shape index (κ2) is 14.7. The molecular weight excluding hydrogens is 671 g/mol. The Labute approximate surface area is 291 Å². The molecule has 4 N–H and O–H groups in total. The number of carbonyl (C=O) groups is 2. The van der Waals surface area contributed by atoms with Crippen molar-refractivity contribution in [2.45, 2.75) is 51.2 Å². The van der Waals surface area contributed by atoms with Gasteiger partial charge >= 0.3 is 11.0 Å². The van der Waals surface area contributed by atoms with Gasteiger partial charge in [0, 0.05) is 55.7 Å². The van der Waals surface area contributed by atoms with Crippen LogP contribution in [-0.2, 0) is 17.7 Å². The van der Waals surface area contributed by atoms with E-state index in [1.54, 1.807) is 18.2 Å². The van der Waals surface area contributed by atoms with Gasteiger partial charge in [0.15, 0.2) is 0 Å². The van der Waals surface area contributed by atoms with E-state index in [1.807, 2.05) is 10.3 Å². The van der Waals surface area contributed by atoms with Gasteiger partial charge in [0.2, 0.25) is 0 Å². The number of ether oxygens (including phenoxy) is 2. The van der Waals surface area contributed by atoms with E-state index in [4.69, 9.17) is 9.47 Å². The lowest BCUT2D eigenvalue weighted by Crippen LogP contribution is -2.58. The lowest BCUT2D eigenvalue weighted by molar-refractivity contribution is -0.127. The number of aromatic hydroxyl groups is 2. The molecule has 2 aliphatic heterocycles. The number of nitrogens with one attached hydrogen (secondary N) is 1. The molecule has 0 aliphatic carbocycles. The summed E-state index contributed by atoms with van der Waals surface area (Å²) in [5, 5.41) is 33.4. The molecular formula is C34H41N5O8S2. The number of phenolic OH excluding ortho intramolecular Hbond substituents is 2. The second-order valence-electron chi connectivity index (χ2n) is 12.9. The third-order valence-corrected chi connectivity index (χ3v) is 11.3. The predicted octanol–water partition coefficient (Wildman–Crippen LogP) is 4.69. The van der Waals surface area contributed by atoms with Crippen LogP contribution in [-0.4, -0.2) is 110 Å². The second-order valence-corrected chi connectivity index (χ2v) is 14.8. The minimum Gasteiger partial charge on any atom is -0.507 e. The average molecular weight is 712 g/mol. The number of hydrogen-bond acceptors (Lipinski definition) is 11. The highest BCUT2D eigenvalue weighted by Gasteiger charge is 2.41. The number of phenols is 2. The summed E-state index contributed by atoms with van der Waals surface area (Å²) >= 11 is 2.50. The number of rotatable bonds is 11. The molecule has 4 heterocycles. The number of fused-ring (bicyclic) bond motifs is 1. The smallest absolute Gasteiger partial charge is 0.407 e. The highest BCUT2D eigenvalue weighted by Crippen LogP contribution is 2.32. The van der Waals surface area contributed by atoms with Gasteiger partial charge in [-0.25, -0.2) is 9.78 Å². The van der Waals surface area contributed by atoms with E-state index < -0.39 is 6.09 Å². The minimum absolute atomic E-state index is 0.0285. The summed E-state index contributed by atoms with van der Waals surface area (Å²) in [5.74, 6) is 0.648. The first-order valence-electron chi connectivity index (χ1n) is 16.4. The van der Waals surface area contributed by atoms with Crippen molar-refractivity contribution < 1.29 is 34.4 Å². The van der Waals surface area contributed by atoms with Gasteiger partial charge in [-0.1, -0.05) is 31.3 Å². The number of piperidine rings is 1. The van der Waals surface area contributed by atoms with E-state index in [1.165, 1.54) is 28.4 Å². The van der Waals surface area contributed by atoms with Crippen molar-refractivity contribution in [3.8, 4) is 17.2 Å². The molecule has 0 saturated carbocycles. The zero-order valence-electron chi connectivity index (χ0n) is 27.5. The molecule has 0 unspecified atom stereocenters. The number of thiazole rings is 2. The molecule has 0 bridgehead atoms. The summed E-state index contributed by atoms with van der Waals surface area (Å²) in [6.07, 6.45) is 0.802. The van der Waals surface area contributed by atoms with Gasteiger partial charge < -0.3 is 39.6 Å². The fourth-order valence-electron chi connectivity index (χ4n) is 6.35. The maximum absolute atomic E-state index is 13.2. The van der Waals surface area contributed by atoms with Crippen LogP contribution in [0.5, 0.6) is 17.2 Å². The quantitative estimate of drug-likeness (QED) is 0.171. The van der Waals surface area contributed by atoms with E-state index >= 15 is 0 Å². The van der Waals surface area contributed by atoms with Gasteiger partial charge in [0.05, 0.1) is 35.0 Å². The number of H-pyrrole nitrogens is 1. The number of aromatic amines is 1. The molecule has 2 aliphatic rings. The molecule has 49 heavy (non-hydrogen) atoms. The van der Waals surface area contributed by atoms with Crippen molar-refractivity contribution in [3.63, 3.8) is 0 Å².